The van der Waals surface area contributed by atoms with Gasteiger partial charge in [-0.1, -0.05) is 24.3 Å². The monoisotopic (exact) mass is 609 g/mol. The molecule has 4 saturated carbocycles. The van der Waals surface area contributed by atoms with E-state index in [-0.39, 0.29) is 17.9 Å². The van der Waals surface area contributed by atoms with Gasteiger partial charge in [0.25, 0.3) is 0 Å². The van der Waals surface area contributed by atoms with Gasteiger partial charge in [-0.2, -0.15) is 0 Å². The average Bonchev–Trinajstić information content (AvgIpc) is 2.92. The Labute approximate surface area is 257 Å². The fraction of sp³-hybridized carbons (Fsp3) is 0.588. The van der Waals surface area contributed by atoms with Crippen molar-refractivity contribution in [3.05, 3.63) is 59.7 Å². The third-order valence-electron chi connectivity index (χ3n) is 9.64. The summed E-state index contributed by atoms with van der Waals surface area (Å²) in [6.45, 7) is 7.02. The lowest BCUT2D eigenvalue weighted by atomic mass is 9.48. The molecule has 2 aromatic rings. The van der Waals surface area contributed by atoms with Crippen LogP contribution in [0.5, 0.6) is 5.75 Å². The molecule has 0 heterocycles. The molecule has 0 spiro atoms. The third-order valence-corrected chi connectivity index (χ3v) is 10.8. The number of rotatable bonds is 10. The number of hydrogen-bond acceptors (Lipinski definition) is 5. The van der Waals surface area contributed by atoms with Gasteiger partial charge in [-0.05, 0) is 125 Å². The van der Waals surface area contributed by atoms with Gasteiger partial charge in [0.15, 0.2) is 0 Å². The molecular weight excluding hydrogens is 562 g/mol. The SMILES string of the molecule is COc1cccc(CN(C(=O)CN(c2ccc(C34CC5CC(CC(C5)C3)C4)cc2)S(C)(=O)=O)[C@@H](C)C(=O)NC(C)(C)C)c1. The Balaban J connectivity index is 1.40. The second-order valence-corrected chi connectivity index (χ2v) is 16.2. The van der Waals surface area contributed by atoms with Gasteiger partial charge in [-0.15, -0.1) is 0 Å². The van der Waals surface area contributed by atoms with E-state index in [9.17, 15) is 18.0 Å². The van der Waals surface area contributed by atoms with Gasteiger partial charge in [0.2, 0.25) is 21.8 Å². The van der Waals surface area contributed by atoms with Crippen LogP contribution in [0.2, 0.25) is 0 Å². The maximum atomic E-state index is 13.9. The van der Waals surface area contributed by atoms with Crippen LogP contribution in [0.3, 0.4) is 0 Å². The van der Waals surface area contributed by atoms with Crippen LogP contribution in [0.15, 0.2) is 48.5 Å². The van der Waals surface area contributed by atoms with E-state index >= 15 is 0 Å². The van der Waals surface area contributed by atoms with Gasteiger partial charge in [-0.25, -0.2) is 8.42 Å². The number of methoxy groups -OCH3 is 1. The minimum Gasteiger partial charge on any atom is -0.497 e. The highest BCUT2D eigenvalue weighted by atomic mass is 32.2. The molecule has 0 saturated heterocycles. The van der Waals surface area contributed by atoms with Crippen LogP contribution in [0.25, 0.3) is 0 Å². The molecule has 2 amide bonds. The average molecular weight is 610 g/mol. The molecule has 2 aromatic carbocycles. The van der Waals surface area contributed by atoms with E-state index in [2.05, 4.69) is 17.4 Å². The lowest BCUT2D eigenvalue weighted by molar-refractivity contribution is -0.140. The van der Waals surface area contributed by atoms with Gasteiger partial charge in [0.1, 0.15) is 18.3 Å². The summed E-state index contributed by atoms with van der Waals surface area (Å²) in [6, 6.07) is 14.3. The van der Waals surface area contributed by atoms with Crippen LogP contribution in [0.4, 0.5) is 5.69 Å². The van der Waals surface area contributed by atoms with E-state index < -0.39 is 34.1 Å². The summed E-state index contributed by atoms with van der Waals surface area (Å²) in [5.41, 5.74) is 2.23. The van der Waals surface area contributed by atoms with Gasteiger partial charge >= 0.3 is 0 Å². The minimum absolute atomic E-state index is 0.122. The molecule has 8 nitrogen and oxygen atoms in total. The number of hydrogen-bond donors (Lipinski definition) is 1. The highest BCUT2D eigenvalue weighted by molar-refractivity contribution is 7.92. The zero-order chi connectivity index (χ0) is 31.2. The molecule has 4 fully saturated rings. The van der Waals surface area contributed by atoms with Gasteiger partial charge < -0.3 is 15.0 Å². The van der Waals surface area contributed by atoms with E-state index in [0.29, 0.717) is 11.4 Å². The topological polar surface area (TPSA) is 96.0 Å². The molecule has 6 rings (SSSR count). The van der Waals surface area contributed by atoms with Crippen LogP contribution in [0, 0.1) is 17.8 Å². The molecule has 43 heavy (non-hydrogen) atoms. The van der Waals surface area contributed by atoms with Crippen molar-refractivity contribution in [2.24, 2.45) is 17.8 Å². The maximum absolute atomic E-state index is 13.9. The summed E-state index contributed by atoms with van der Waals surface area (Å²) >= 11 is 0. The Morgan fingerprint density at radius 1 is 1.00 bits per heavy atom. The summed E-state index contributed by atoms with van der Waals surface area (Å²) in [7, 11) is -2.23. The summed E-state index contributed by atoms with van der Waals surface area (Å²) in [5, 5.41) is 2.95. The standard InChI is InChI=1S/C34H47N3O5S/c1-23(32(39)35-33(2,3)4)36(21-24-8-7-9-30(17-24)42-5)31(38)22-37(43(6,40)41)29-12-10-28(11-13-29)34-18-25-14-26(19-34)16-27(15-25)20-34/h7-13,17,23,25-27H,14-16,18-22H2,1-6H3,(H,35,39)/t23-,25?,26?,27?,34?/m0/s1. The molecule has 9 heteroatoms. The van der Waals surface area contributed by atoms with Crippen molar-refractivity contribution in [3.63, 3.8) is 0 Å². The Bertz CT molecular complexity index is 1410. The van der Waals surface area contributed by atoms with E-state index in [0.717, 1.165) is 33.9 Å². The van der Waals surface area contributed by atoms with Crippen molar-refractivity contribution in [1.82, 2.24) is 10.2 Å². The summed E-state index contributed by atoms with van der Waals surface area (Å²) in [5.74, 6) is 2.29. The Hall–Kier alpha value is -3.07. The number of anilines is 1. The smallest absolute Gasteiger partial charge is 0.244 e. The number of carbonyl (C=O) groups is 2. The highest BCUT2D eigenvalue weighted by Gasteiger charge is 2.51. The van der Waals surface area contributed by atoms with Gasteiger partial charge in [0.05, 0.1) is 19.1 Å². The molecule has 1 N–H and O–H groups in total. The fourth-order valence-electron chi connectivity index (χ4n) is 8.08. The van der Waals surface area contributed by atoms with Crippen molar-refractivity contribution in [1.29, 1.82) is 0 Å². The van der Waals surface area contributed by atoms with Crippen molar-refractivity contribution in [2.75, 3.05) is 24.2 Å². The first-order valence-corrected chi connectivity index (χ1v) is 17.3. The normalized spacial score (nSPS) is 25.2. The molecule has 0 aliphatic heterocycles. The van der Waals surface area contributed by atoms with E-state index in [1.54, 1.807) is 14.0 Å². The molecule has 4 aliphatic carbocycles. The summed E-state index contributed by atoms with van der Waals surface area (Å²) in [4.78, 5) is 28.6. The molecule has 1 atom stereocenters. The van der Waals surface area contributed by atoms with Crippen molar-refractivity contribution in [2.45, 2.75) is 89.8 Å². The zero-order valence-electron chi connectivity index (χ0n) is 26.4. The van der Waals surface area contributed by atoms with Gasteiger partial charge in [0, 0.05) is 12.1 Å². The van der Waals surface area contributed by atoms with Crippen molar-refractivity contribution < 1.29 is 22.7 Å². The number of nitrogens with zero attached hydrogens (tertiary/aromatic N) is 2. The van der Waals surface area contributed by atoms with E-state index in [4.69, 9.17) is 4.74 Å². The zero-order valence-corrected chi connectivity index (χ0v) is 27.2. The first-order valence-electron chi connectivity index (χ1n) is 15.5. The number of ether oxygens (including phenoxy) is 1. The van der Waals surface area contributed by atoms with Crippen LogP contribution >= 0.6 is 0 Å². The largest absolute Gasteiger partial charge is 0.497 e. The predicted molar refractivity (Wildman–Crippen MR) is 169 cm³/mol. The molecule has 234 valence electrons. The number of nitrogens with one attached hydrogen (secondary N) is 1. The first-order chi connectivity index (χ1) is 20.2. The molecule has 0 radical (unpaired) electrons. The number of amides is 2. The fourth-order valence-corrected chi connectivity index (χ4v) is 8.93. The van der Waals surface area contributed by atoms with Crippen LogP contribution in [-0.2, 0) is 31.6 Å². The van der Waals surface area contributed by atoms with E-state index in [1.807, 2.05) is 57.2 Å². The lowest BCUT2D eigenvalue weighted by Crippen LogP contribution is -2.54. The van der Waals surface area contributed by atoms with Crippen molar-refractivity contribution in [3.8, 4) is 5.75 Å². The lowest BCUT2D eigenvalue weighted by Gasteiger charge is -2.57. The molecule has 0 aromatic heterocycles. The third kappa shape index (κ3) is 7.03. The Morgan fingerprint density at radius 3 is 2.09 bits per heavy atom. The molecule has 0 unspecified atom stereocenters. The molecular formula is C34H47N3O5S. The summed E-state index contributed by atoms with van der Waals surface area (Å²) in [6.07, 6.45) is 8.87. The quantitative estimate of drug-likeness (QED) is 0.397. The van der Waals surface area contributed by atoms with Crippen LogP contribution in [0.1, 0.15) is 77.3 Å². The molecule has 4 aliphatic rings. The number of sulfonamides is 1. The first kappa shape index (κ1) is 31.4. The minimum atomic E-state index is -3.80. The van der Waals surface area contributed by atoms with Crippen LogP contribution in [-0.4, -0.2) is 56.6 Å². The second-order valence-electron chi connectivity index (χ2n) is 14.3. The Morgan fingerprint density at radius 2 is 1.58 bits per heavy atom. The van der Waals surface area contributed by atoms with Crippen molar-refractivity contribution >= 4 is 27.5 Å². The molecule has 4 bridgehead atoms. The Kier molecular flexibility index (Phi) is 8.60. The highest BCUT2D eigenvalue weighted by Crippen LogP contribution is 2.60. The second kappa shape index (κ2) is 11.8. The van der Waals surface area contributed by atoms with Crippen LogP contribution < -0.4 is 14.4 Å². The number of benzene rings is 2. The summed E-state index contributed by atoms with van der Waals surface area (Å²) < 4.78 is 32.7. The van der Waals surface area contributed by atoms with Gasteiger partial charge in [-0.3, -0.25) is 13.9 Å². The predicted octanol–water partition coefficient (Wildman–Crippen LogP) is 5.26. The maximum Gasteiger partial charge on any atom is 0.244 e. The van der Waals surface area contributed by atoms with E-state index in [1.165, 1.54) is 49.0 Å². The number of carbonyl (C=O) groups excluding carboxylic acids is 2.